The fraction of sp³-hybridized carbons (Fsp3) is 0.538. The number of hydrogen-bond acceptors (Lipinski definition) is 6. The molecule has 0 spiro atoms. The molecule has 2 heterocycles. The normalized spacial score (nSPS) is 11.7. The molecule has 2 rings (SSSR count). The van der Waals surface area contributed by atoms with E-state index in [1.807, 2.05) is 11.4 Å². The van der Waals surface area contributed by atoms with Gasteiger partial charge in [0, 0.05) is 6.04 Å². The molecule has 0 aromatic carbocycles. The summed E-state index contributed by atoms with van der Waals surface area (Å²) >= 11 is 1.61. The maximum atomic E-state index is 5.54. The zero-order valence-corrected chi connectivity index (χ0v) is 12.5. The van der Waals surface area contributed by atoms with Gasteiger partial charge >= 0.3 is 0 Å². The minimum atomic E-state index is 0.567. The number of nitrogens with two attached hydrogens (primary N) is 1. The van der Waals surface area contributed by atoms with Gasteiger partial charge in [0.05, 0.1) is 11.9 Å². The summed E-state index contributed by atoms with van der Waals surface area (Å²) in [7, 11) is 2.12. The van der Waals surface area contributed by atoms with Gasteiger partial charge < -0.3 is 5.43 Å². The predicted molar refractivity (Wildman–Crippen MR) is 81.1 cm³/mol. The number of nitrogens with zero attached hydrogens (tertiary/aromatic N) is 3. The lowest BCUT2D eigenvalue weighted by Gasteiger charge is -2.25. The van der Waals surface area contributed by atoms with Crippen molar-refractivity contribution >= 4 is 27.4 Å². The van der Waals surface area contributed by atoms with Gasteiger partial charge in [0.25, 0.3) is 0 Å². The molecule has 104 valence electrons. The Hall–Kier alpha value is -1.24. The highest BCUT2D eigenvalue weighted by Gasteiger charge is 2.14. The molecule has 0 aliphatic rings. The Morgan fingerprint density at radius 2 is 2.11 bits per heavy atom. The van der Waals surface area contributed by atoms with Crippen LogP contribution in [0, 0.1) is 0 Å². The lowest BCUT2D eigenvalue weighted by molar-refractivity contribution is 0.217. The molecule has 2 aromatic heterocycles. The third-order valence-electron chi connectivity index (χ3n) is 3.46. The largest absolute Gasteiger partial charge is 0.308 e. The number of anilines is 1. The highest BCUT2D eigenvalue weighted by molar-refractivity contribution is 7.16. The van der Waals surface area contributed by atoms with Gasteiger partial charge in [-0.1, -0.05) is 13.8 Å². The van der Waals surface area contributed by atoms with Gasteiger partial charge in [-0.3, -0.25) is 4.90 Å². The van der Waals surface area contributed by atoms with Crippen LogP contribution in [0.1, 0.15) is 32.5 Å². The van der Waals surface area contributed by atoms with E-state index in [4.69, 9.17) is 5.84 Å². The number of fused-ring (bicyclic) bond motifs is 1. The monoisotopic (exact) mass is 279 g/mol. The number of aromatic nitrogens is 2. The van der Waals surface area contributed by atoms with E-state index in [0.717, 1.165) is 35.4 Å². The highest BCUT2D eigenvalue weighted by Crippen LogP contribution is 2.24. The van der Waals surface area contributed by atoms with Gasteiger partial charge in [0.15, 0.2) is 5.82 Å². The van der Waals surface area contributed by atoms with E-state index >= 15 is 0 Å². The lowest BCUT2D eigenvalue weighted by Crippen LogP contribution is -2.30. The third-order valence-corrected chi connectivity index (χ3v) is 4.27. The van der Waals surface area contributed by atoms with Crippen LogP contribution in [-0.2, 0) is 6.54 Å². The van der Waals surface area contributed by atoms with Crippen molar-refractivity contribution in [1.82, 2.24) is 14.9 Å². The van der Waals surface area contributed by atoms with Gasteiger partial charge in [-0.25, -0.2) is 15.8 Å². The molecule has 0 saturated carbocycles. The predicted octanol–water partition coefficient (Wildman–Crippen LogP) is 2.60. The Morgan fingerprint density at radius 1 is 1.37 bits per heavy atom. The number of nitrogen functional groups attached to an aromatic ring is 1. The summed E-state index contributed by atoms with van der Waals surface area (Å²) in [5.41, 5.74) is 2.66. The minimum absolute atomic E-state index is 0.567. The summed E-state index contributed by atoms with van der Waals surface area (Å²) in [5.74, 6) is 7.06. The van der Waals surface area contributed by atoms with Crippen LogP contribution in [0.3, 0.4) is 0 Å². The quantitative estimate of drug-likeness (QED) is 0.628. The molecule has 0 amide bonds. The van der Waals surface area contributed by atoms with E-state index in [2.05, 4.69) is 41.2 Å². The fourth-order valence-corrected chi connectivity index (χ4v) is 3.13. The molecule has 0 radical (unpaired) electrons. The SMILES string of the molecule is CCC(CC)N(C)Cc1nc(NN)c2ccsc2n1. The second-order valence-corrected chi connectivity index (χ2v) is 5.55. The zero-order valence-electron chi connectivity index (χ0n) is 11.7. The standard InChI is InChI=1S/C13H21N5S/c1-4-9(5-2)18(3)8-11-15-12(17-14)10-6-7-19-13(10)16-11/h6-7,9H,4-5,8,14H2,1-3H3,(H,15,16,17). The molecule has 0 atom stereocenters. The van der Waals surface area contributed by atoms with E-state index in [1.165, 1.54) is 0 Å². The van der Waals surface area contributed by atoms with Gasteiger partial charge in [-0.15, -0.1) is 11.3 Å². The van der Waals surface area contributed by atoms with Gasteiger partial charge in [0.1, 0.15) is 10.7 Å². The van der Waals surface area contributed by atoms with Crippen LogP contribution < -0.4 is 11.3 Å². The van der Waals surface area contributed by atoms with Crippen LogP contribution in [0.25, 0.3) is 10.2 Å². The second-order valence-electron chi connectivity index (χ2n) is 4.66. The molecule has 6 heteroatoms. The zero-order chi connectivity index (χ0) is 13.8. The van der Waals surface area contributed by atoms with Gasteiger partial charge in [-0.2, -0.15) is 0 Å². The maximum Gasteiger partial charge on any atom is 0.152 e. The molecular weight excluding hydrogens is 258 g/mol. The summed E-state index contributed by atoms with van der Waals surface area (Å²) in [4.78, 5) is 12.4. The molecule has 3 N–H and O–H groups in total. The maximum absolute atomic E-state index is 5.54. The smallest absolute Gasteiger partial charge is 0.152 e. The molecule has 0 saturated heterocycles. The first-order chi connectivity index (χ1) is 9.19. The van der Waals surface area contributed by atoms with Crippen LogP contribution >= 0.6 is 11.3 Å². The molecule has 19 heavy (non-hydrogen) atoms. The van der Waals surface area contributed by atoms with Crippen LogP contribution in [0.15, 0.2) is 11.4 Å². The Balaban J connectivity index is 2.25. The summed E-state index contributed by atoms with van der Waals surface area (Å²) in [6.45, 7) is 5.16. The summed E-state index contributed by atoms with van der Waals surface area (Å²) in [5, 5.41) is 3.00. The van der Waals surface area contributed by atoms with Crippen molar-refractivity contribution in [2.75, 3.05) is 12.5 Å². The van der Waals surface area contributed by atoms with E-state index in [9.17, 15) is 0 Å². The number of hydrogen-bond donors (Lipinski definition) is 2. The van der Waals surface area contributed by atoms with Crippen molar-refractivity contribution in [3.8, 4) is 0 Å². The third kappa shape index (κ3) is 3.02. The van der Waals surface area contributed by atoms with Crippen LogP contribution in [0.4, 0.5) is 5.82 Å². The van der Waals surface area contributed by atoms with Crippen molar-refractivity contribution in [3.63, 3.8) is 0 Å². The van der Waals surface area contributed by atoms with Crippen molar-refractivity contribution in [2.45, 2.75) is 39.3 Å². The van der Waals surface area contributed by atoms with Gasteiger partial charge in [-0.05, 0) is 31.3 Å². The van der Waals surface area contributed by atoms with Crippen molar-refractivity contribution in [2.24, 2.45) is 5.84 Å². The Morgan fingerprint density at radius 3 is 2.74 bits per heavy atom. The molecule has 5 nitrogen and oxygen atoms in total. The molecule has 2 aromatic rings. The molecule has 0 unspecified atom stereocenters. The summed E-state index contributed by atoms with van der Waals surface area (Å²) in [6.07, 6.45) is 2.27. The number of thiophene rings is 1. The van der Waals surface area contributed by atoms with Gasteiger partial charge in [0.2, 0.25) is 0 Å². The molecule has 0 bridgehead atoms. The number of nitrogens with one attached hydrogen (secondary N) is 1. The molecule has 0 fully saturated rings. The van der Waals surface area contributed by atoms with Crippen molar-refractivity contribution in [1.29, 1.82) is 0 Å². The summed E-state index contributed by atoms with van der Waals surface area (Å²) in [6, 6.07) is 2.56. The van der Waals surface area contributed by atoms with Crippen molar-refractivity contribution < 1.29 is 0 Å². The average Bonchev–Trinajstić information content (AvgIpc) is 2.87. The van der Waals surface area contributed by atoms with E-state index in [1.54, 1.807) is 11.3 Å². The first-order valence-electron chi connectivity index (χ1n) is 6.60. The highest BCUT2D eigenvalue weighted by atomic mass is 32.1. The van der Waals surface area contributed by atoms with E-state index < -0.39 is 0 Å². The van der Waals surface area contributed by atoms with Crippen molar-refractivity contribution in [3.05, 3.63) is 17.3 Å². The molecule has 0 aliphatic carbocycles. The molecular formula is C13H21N5S. The topological polar surface area (TPSA) is 67.1 Å². The Bertz CT molecular complexity index is 535. The second kappa shape index (κ2) is 6.27. The number of hydrazine groups is 1. The fourth-order valence-electron chi connectivity index (χ4n) is 2.34. The molecule has 0 aliphatic heterocycles. The van der Waals surface area contributed by atoms with Crippen LogP contribution in [-0.4, -0.2) is 28.0 Å². The Kier molecular flexibility index (Phi) is 4.68. The average molecular weight is 279 g/mol. The Labute approximate surface area is 117 Å². The number of rotatable bonds is 6. The minimum Gasteiger partial charge on any atom is -0.308 e. The lowest BCUT2D eigenvalue weighted by atomic mass is 10.1. The van der Waals surface area contributed by atoms with E-state index in [0.29, 0.717) is 11.9 Å². The first-order valence-corrected chi connectivity index (χ1v) is 7.48. The van der Waals surface area contributed by atoms with Crippen LogP contribution in [0.2, 0.25) is 0 Å². The van der Waals surface area contributed by atoms with E-state index in [-0.39, 0.29) is 0 Å². The summed E-state index contributed by atoms with van der Waals surface area (Å²) < 4.78 is 0. The van der Waals surface area contributed by atoms with Crippen LogP contribution in [0.5, 0.6) is 0 Å². The first kappa shape index (κ1) is 14.2.